The first kappa shape index (κ1) is 22.7. The highest BCUT2D eigenvalue weighted by Gasteiger charge is 2.34. The number of fused-ring (bicyclic) bond motifs is 1. The third kappa shape index (κ3) is 4.67. The molecule has 2 aromatic heterocycles. The van der Waals surface area contributed by atoms with Gasteiger partial charge in [0.15, 0.2) is 11.4 Å². The Bertz CT molecular complexity index is 1270. The van der Waals surface area contributed by atoms with Crippen LogP contribution in [0.3, 0.4) is 0 Å². The van der Waals surface area contributed by atoms with E-state index in [9.17, 15) is 14.4 Å². The maximum atomic E-state index is 12.7. The van der Waals surface area contributed by atoms with E-state index in [1.807, 2.05) is 45.0 Å². The SMILES string of the molecule is CC(C)(C)C(=O)c1c[nH]c2ncc(Nc3ccc(/C=C4\SC(=O)N(CCN)C4=O)cc3)nc12. The zero-order valence-electron chi connectivity index (χ0n) is 18.5. The molecule has 1 saturated heterocycles. The van der Waals surface area contributed by atoms with Crippen LogP contribution in [0.5, 0.6) is 0 Å². The number of thioether (sulfide) groups is 1. The summed E-state index contributed by atoms with van der Waals surface area (Å²) in [6, 6.07) is 7.33. The van der Waals surface area contributed by atoms with Crippen LogP contribution in [0.25, 0.3) is 17.2 Å². The molecule has 0 unspecified atom stereocenters. The van der Waals surface area contributed by atoms with Gasteiger partial charge in [-0.15, -0.1) is 0 Å². The van der Waals surface area contributed by atoms with Crippen molar-refractivity contribution in [3.63, 3.8) is 0 Å². The van der Waals surface area contributed by atoms with Gasteiger partial charge in [0.1, 0.15) is 11.3 Å². The highest BCUT2D eigenvalue weighted by Crippen LogP contribution is 2.32. The number of nitrogens with zero attached hydrogens (tertiary/aromatic N) is 3. The molecule has 33 heavy (non-hydrogen) atoms. The van der Waals surface area contributed by atoms with Crippen LogP contribution in [0.4, 0.5) is 16.3 Å². The number of benzene rings is 1. The molecular weight excluding hydrogens is 440 g/mol. The maximum absolute atomic E-state index is 12.7. The van der Waals surface area contributed by atoms with Crippen LogP contribution in [-0.4, -0.2) is 49.9 Å². The third-order valence-corrected chi connectivity index (χ3v) is 5.92. The average molecular weight is 465 g/mol. The van der Waals surface area contributed by atoms with E-state index < -0.39 is 5.41 Å². The molecule has 10 heteroatoms. The van der Waals surface area contributed by atoms with Crippen molar-refractivity contribution in [3.8, 4) is 0 Å². The van der Waals surface area contributed by atoms with E-state index in [2.05, 4.69) is 20.3 Å². The molecular formula is C23H24N6O3S. The molecule has 4 rings (SSSR count). The molecule has 9 nitrogen and oxygen atoms in total. The minimum Gasteiger partial charge on any atom is -0.344 e. The third-order valence-electron chi connectivity index (χ3n) is 5.01. The Morgan fingerprint density at radius 3 is 2.64 bits per heavy atom. The van der Waals surface area contributed by atoms with Crippen molar-refractivity contribution in [2.75, 3.05) is 18.4 Å². The fourth-order valence-electron chi connectivity index (χ4n) is 3.31. The minimum atomic E-state index is -0.532. The quantitative estimate of drug-likeness (QED) is 0.369. The molecule has 0 bridgehead atoms. The van der Waals surface area contributed by atoms with Crippen molar-refractivity contribution in [3.05, 3.63) is 52.7 Å². The fraction of sp³-hybridized carbons (Fsp3) is 0.261. The molecule has 0 spiro atoms. The summed E-state index contributed by atoms with van der Waals surface area (Å²) in [5, 5.41) is 2.88. The van der Waals surface area contributed by atoms with Gasteiger partial charge >= 0.3 is 0 Å². The molecule has 1 aliphatic rings. The van der Waals surface area contributed by atoms with Crippen molar-refractivity contribution in [2.24, 2.45) is 11.1 Å². The molecule has 3 heterocycles. The molecule has 4 N–H and O–H groups in total. The van der Waals surface area contributed by atoms with Crippen LogP contribution in [0.1, 0.15) is 36.7 Å². The summed E-state index contributed by atoms with van der Waals surface area (Å²) in [4.78, 5) is 50.5. The number of carbonyl (C=O) groups excluding carboxylic acids is 3. The van der Waals surface area contributed by atoms with Crippen molar-refractivity contribution >= 4 is 57.4 Å². The lowest BCUT2D eigenvalue weighted by Crippen LogP contribution is -2.33. The molecule has 170 valence electrons. The number of anilines is 2. The first-order valence-corrected chi connectivity index (χ1v) is 11.2. The number of carbonyl (C=O) groups is 3. The van der Waals surface area contributed by atoms with Gasteiger partial charge in [0.25, 0.3) is 11.1 Å². The Morgan fingerprint density at radius 2 is 1.97 bits per heavy atom. The predicted octanol–water partition coefficient (Wildman–Crippen LogP) is 3.93. The second-order valence-electron chi connectivity index (χ2n) is 8.60. The van der Waals surface area contributed by atoms with E-state index in [1.165, 1.54) is 0 Å². The van der Waals surface area contributed by atoms with Gasteiger partial charge in [-0.3, -0.25) is 19.3 Å². The van der Waals surface area contributed by atoms with Crippen LogP contribution < -0.4 is 11.1 Å². The highest BCUT2D eigenvalue weighted by molar-refractivity contribution is 8.18. The van der Waals surface area contributed by atoms with E-state index in [0.29, 0.717) is 27.5 Å². The van der Waals surface area contributed by atoms with Crippen LogP contribution in [0.15, 0.2) is 41.6 Å². The molecule has 0 atom stereocenters. The fourth-order valence-corrected chi connectivity index (χ4v) is 4.18. The van der Waals surface area contributed by atoms with Gasteiger partial charge in [-0.1, -0.05) is 32.9 Å². The summed E-state index contributed by atoms with van der Waals surface area (Å²) in [6.07, 6.45) is 4.92. The summed E-state index contributed by atoms with van der Waals surface area (Å²) < 4.78 is 0. The Labute approximate surface area is 194 Å². The van der Waals surface area contributed by atoms with Crippen LogP contribution in [0.2, 0.25) is 0 Å². The Morgan fingerprint density at radius 1 is 1.24 bits per heavy atom. The number of Topliss-reactive ketones (excluding diaryl/α,β-unsaturated/α-hetero) is 1. The number of nitrogens with one attached hydrogen (secondary N) is 2. The second-order valence-corrected chi connectivity index (χ2v) is 9.60. The monoisotopic (exact) mass is 464 g/mol. The number of aromatic amines is 1. The van der Waals surface area contributed by atoms with E-state index in [0.717, 1.165) is 27.9 Å². The average Bonchev–Trinajstić information content (AvgIpc) is 3.30. The minimum absolute atomic E-state index is 0.0135. The van der Waals surface area contributed by atoms with E-state index in [-0.39, 0.29) is 30.0 Å². The molecule has 1 aliphatic heterocycles. The number of hydrogen-bond acceptors (Lipinski definition) is 8. The van der Waals surface area contributed by atoms with Gasteiger partial charge in [-0.05, 0) is 35.5 Å². The zero-order valence-corrected chi connectivity index (χ0v) is 19.3. The molecule has 0 radical (unpaired) electrons. The van der Waals surface area contributed by atoms with Crippen molar-refractivity contribution in [1.82, 2.24) is 19.9 Å². The Balaban J connectivity index is 1.52. The Hall–Kier alpha value is -3.50. The standard InChI is InChI=1S/C23H24N6O3S/c1-23(2,3)19(30)15-11-25-20-18(15)28-17(12-26-20)27-14-6-4-13(5-7-14)10-16-21(31)29(9-8-24)22(32)33-16/h4-7,10-12H,8-9,24H2,1-3H3,(H,25,26)(H,27,28)/b16-10-. The number of nitrogens with two attached hydrogens (primary N) is 1. The first-order valence-electron chi connectivity index (χ1n) is 10.4. The number of H-pyrrole nitrogens is 1. The van der Waals surface area contributed by atoms with Crippen molar-refractivity contribution in [2.45, 2.75) is 20.8 Å². The first-order chi connectivity index (χ1) is 15.7. The maximum Gasteiger partial charge on any atom is 0.293 e. The predicted molar refractivity (Wildman–Crippen MR) is 129 cm³/mol. The molecule has 1 aromatic carbocycles. The summed E-state index contributed by atoms with van der Waals surface area (Å²) in [6.45, 7) is 6.03. The Kier molecular flexibility index (Phi) is 6.05. The lowest BCUT2D eigenvalue weighted by atomic mass is 9.87. The summed E-state index contributed by atoms with van der Waals surface area (Å²) in [7, 11) is 0. The van der Waals surface area contributed by atoms with Gasteiger partial charge in [-0.2, -0.15) is 0 Å². The molecule has 2 amide bonds. The molecule has 1 fully saturated rings. The number of aromatic nitrogens is 3. The normalized spacial score (nSPS) is 15.6. The van der Waals surface area contributed by atoms with Gasteiger partial charge in [0, 0.05) is 30.4 Å². The van der Waals surface area contributed by atoms with Crippen LogP contribution >= 0.6 is 11.8 Å². The topological polar surface area (TPSA) is 134 Å². The number of ketones is 1. The second kappa shape index (κ2) is 8.80. The number of hydrogen-bond donors (Lipinski definition) is 3. The number of imide groups is 1. The van der Waals surface area contributed by atoms with Crippen LogP contribution in [-0.2, 0) is 4.79 Å². The van der Waals surface area contributed by atoms with Gasteiger partial charge in [0.2, 0.25) is 0 Å². The van der Waals surface area contributed by atoms with Gasteiger partial charge in [0.05, 0.1) is 16.7 Å². The summed E-state index contributed by atoms with van der Waals surface area (Å²) in [5.74, 6) is 0.162. The van der Waals surface area contributed by atoms with Crippen molar-refractivity contribution in [1.29, 1.82) is 0 Å². The lowest BCUT2D eigenvalue weighted by molar-refractivity contribution is -0.122. The van der Waals surface area contributed by atoms with Crippen LogP contribution in [0, 0.1) is 5.41 Å². The zero-order chi connectivity index (χ0) is 23.8. The smallest absolute Gasteiger partial charge is 0.293 e. The largest absolute Gasteiger partial charge is 0.344 e. The van der Waals surface area contributed by atoms with E-state index >= 15 is 0 Å². The number of amides is 2. The summed E-state index contributed by atoms with van der Waals surface area (Å²) in [5.41, 5.74) is 8.05. The highest BCUT2D eigenvalue weighted by atomic mass is 32.2. The van der Waals surface area contributed by atoms with E-state index in [1.54, 1.807) is 18.5 Å². The van der Waals surface area contributed by atoms with E-state index in [4.69, 9.17) is 5.73 Å². The molecule has 0 aliphatic carbocycles. The number of rotatable bonds is 6. The molecule has 3 aromatic rings. The summed E-state index contributed by atoms with van der Waals surface area (Å²) >= 11 is 0.909. The van der Waals surface area contributed by atoms with Crippen molar-refractivity contribution < 1.29 is 14.4 Å². The molecule has 0 saturated carbocycles. The van der Waals surface area contributed by atoms with Gasteiger partial charge < -0.3 is 16.0 Å². The van der Waals surface area contributed by atoms with Gasteiger partial charge in [-0.25, -0.2) is 9.97 Å². The lowest BCUT2D eigenvalue weighted by Gasteiger charge is -2.15.